The summed E-state index contributed by atoms with van der Waals surface area (Å²) in [6, 6.07) is 5.76. The Morgan fingerprint density at radius 2 is 2.15 bits per heavy atom. The molecule has 2 aliphatic rings. The second-order valence-electron chi connectivity index (χ2n) is 8.42. The lowest BCUT2D eigenvalue weighted by Gasteiger charge is -2.49. The highest BCUT2D eigenvalue weighted by Crippen LogP contribution is 2.42. The van der Waals surface area contributed by atoms with Gasteiger partial charge in [-0.2, -0.15) is 0 Å². The number of rotatable bonds is 10. The topological polar surface area (TPSA) is 178 Å². The predicted octanol–water partition coefficient (Wildman–Crippen LogP) is 3.72. The Hall–Kier alpha value is -3.60. The van der Waals surface area contributed by atoms with E-state index in [4.69, 9.17) is 20.8 Å². The third-order valence-electron chi connectivity index (χ3n) is 5.80. The smallest absolute Gasteiger partial charge is 0.352 e. The van der Waals surface area contributed by atoms with Gasteiger partial charge in [0.2, 0.25) is 0 Å². The number of nitrogens with one attached hydrogen (secondary N) is 1. The van der Waals surface area contributed by atoms with Crippen LogP contribution in [0.3, 0.4) is 0 Å². The molecule has 0 bridgehead atoms. The molecule has 0 unspecified atom stereocenters. The number of nitro groups is 1. The third kappa shape index (κ3) is 5.65. The number of amides is 2. The number of fused-ring (bicyclic) bond motifs is 1. The molecule has 1 aromatic carbocycles. The van der Waals surface area contributed by atoms with Gasteiger partial charge in [0, 0.05) is 23.6 Å². The molecular weight excluding hydrogens is 606 g/mol. The summed E-state index contributed by atoms with van der Waals surface area (Å²) in [6.07, 6.45) is 0. The van der Waals surface area contributed by atoms with E-state index in [-0.39, 0.29) is 40.3 Å². The largest absolute Gasteiger partial charge is 0.484 e. The van der Waals surface area contributed by atoms with Crippen LogP contribution < -0.4 is 10.1 Å². The number of ether oxygens (including phenoxy) is 1. The van der Waals surface area contributed by atoms with Crippen LogP contribution in [0.4, 0.5) is 5.69 Å². The normalized spacial score (nSPS) is 18.2. The Balaban J connectivity index is 1.19. The maximum absolute atomic E-state index is 12.9. The van der Waals surface area contributed by atoms with Gasteiger partial charge in [0.25, 0.3) is 17.5 Å². The molecule has 208 valence electrons. The molecule has 2 aliphatic heterocycles. The van der Waals surface area contributed by atoms with Crippen LogP contribution in [0.5, 0.6) is 5.75 Å². The van der Waals surface area contributed by atoms with E-state index >= 15 is 0 Å². The number of benzene rings is 1. The van der Waals surface area contributed by atoms with Crippen LogP contribution in [-0.4, -0.2) is 65.8 Å². The van der Waals surface area contributed by atoms with E-state index in [0.29, 0.717) is 21.4 Å². The summed E-state index contributed by atoms with van der Waals surface area (Å²) in [5, 5.41) is 31.6. The van der Waals surface area contributed by atoms with Gasteiger partial charge < -0.3 is 19.6 Å². The number of hydrogen-bond acceptors (Lipinski definition) is 12. The highest BCUT2D eigenvalue weighted by atomic mass is 35.5. The highest BCUT2D eigenvalue weighted by molar-refractivity contribution is 8.01. The number of aromatic nitrogens is 2. The minimum Gasteiger partial charge on any atom is -0.484 e. The molecule has 0 spiro atoms. The molecule has 0 aliphatic carbocycles. The van der Waals surface area contributed by atoms with Crippen molar-refractivity contribution in [1.82, 2.24) is 20.4 Å². The number of nitro benzene ring substituents is 1. The first-order valence-corrected chi connectivity index (χ1v) is 14.6. The summed E-state index contributed by atoms with van der Waals surface area (Å²) >= 11 is 10.1. The van der Waals surface area contributed by atoms with Crippen molar-refractivity contribution in [2.45, 2.75) is 29.3 Å². The number of carbonyl (C=O) groups is 3. The Morgan fingerprint density at radius 3 is 2.83 bits per heavy atom. The molecule has 0 saturated carbocycles. The second-order valence-corrected chi connectivity index (χ2v) is 12.3. The maximum atomic E-state index is 12.9. The van der Waals surface area contributed by atoms with E-state index in [2.05, 4.69) is 15.5 Å². The van der Waals surface area contributed by atoms with E-state index < -0.39 is 34.1 Å². The van der Waals surface area contributed by atoms with Crippen molar-refractivity contribution in [2.24, 2.45) is 0 Å². The van der Waals surface area contributed by atoms with Gasteiger partial charge in [-0.1, -0.05) is 34.7 Å². The number of carboxylic acid groups (broad SMARTS) is 1. The molecule has 17 heteroatoms. The van der Waals surface area contributed by atoms with Gasteiger partial charge in [-0.15, -0.1) is 22.0 Å². The molecule has 2 amide bonds. The Kier molecular flexibility index (Phi) is 8.02. The highest BCUT2D eigenvalue weighted by Gasteiger charge is 2.54. The van der Waals surface area contributed by atoms with Gasteiger partial charge in [0.15, 0.2) is 10.1 Å². The minimum absolute atomic E-state index is 0.0450. The van der Waals surface area contributed by atoms with Gasteiger partial charge >= 0.3 is 5.97 Å². The lowest BCUT2D eigenvalue weighted by Crippen LogP contribution is -2.70. The van der Waals surface area contributed by atoms with Crippen molar-refractivity contribution in [1.29, 1.82) is 0 Å². The molecule has 40 heavy (non-hydrogen) atoms. The first kappa shape index (κ1) is 27.9. The van der Waals surface area contributed by atoms with Crippen LogP contribution in [0.25, 0.3) is 0 Å². The molecule has 2 N–H and O–H groups in total. The minimum atomic E-state index is -1.21. The first-order chi connectivity index (χ1) is 19.1. The van der Waals surface area contributed by atoms with Crippen molar-refractivity contribution in [3.8, 4) is 5.75 Å². The number of furan rings is 1. The van der Waals surface area contributed by atoms with Gasteiger partial charge in [0.05, 0.1) is 9.95 Å². The molecule has 1 fully saturated rings. The fourth-order valence-electron chi connectivity index (χ4n) is 3.94. The Bertz CT molecular complexity index is 1560. The lowest BCUT2D eigenvalue weighted by atomic mass is 10.0. The fraction of sp³-hybridized carbons (Fsp3) is 0.261. The molecule has 2 aromatic heterocycles. The van der Waals surface area contributed by atoms with E-state index in [1.807, 2.05) is 6.92 Å². The zero-order chi connectivity index (χ0) is 28.6. The molecule has 0 radical (unpaired) electrons. The van der Waals surface area contributed by atoms with Gasteiger partial charge in [-0.05, 0) is 30.7 Å². The van der Waals surface area contributed by atoms with Crippen molar-refractivity contribution >= 4 is 69.9 Å². The molecule has 4 heterocycles. The van der Waals surface area contributed by atoms with Crippen molar-refractivity contribution in [3.63, 3.8) is 0 Å². The van der Waals surface area contributed by atoms with Gasteiger partial charge in [-0.3, -0.25) is 24.6 Å². The standard InChI is InChI=1S/C23H18ClN5O8S3/c1-10-26-27-23(40-10)39-9-11-8-38-21-17(20(31)28(21)18(11)22(32)33)25-19(30)16-5-3-13(37-16)7-36-15-4-2-12(29(34)35)6-14(15)24/h2-6,17,21H,7-9H2,1H3,(H,25,30)(H,32,33)/t17-,21-/m0/s1. The summed E-state index contributed by atoms with van der Waals surface area (Å²) in [5.74, 6) is -1.26. The van der Waals surface area contributed by atoms with Crippen LogP contribution in [0.15, 0.2) is 50.4 Å². The number of hydrogen-bond donors (Lipinski definition) is 2. The summed E-state index contributed by atoms with van der Waals surface area (Å²) in [5.41, 5.74) is 0.336. The maximum Gasteiger partial charge on any atom is 0.352 e. The van der Waals surface area contributed by atoms with Crippen LogP contribution in [0.1, 0.15) is 21.3 Å². The second kappa shape index (κ2) is 11.5. The van der Waals surface area contributed by atoms with E-state index in [1.54, 1.807) is 0 Å². The van der Waals surface area contributed by atoms with E-state index in [0.717, 1.165) is 11.1 Å². The molecule has 13 nitrogen and oxygen atoms in total. The number of carbonyl (C=O) groups excluding carboxylic acids is 2. The number of thioether (sulfide) groups is 2. The number of non-ortho nitro benzene ring substituents is 1. The quantitative estimate of drug-likeness (QED) is 0.145. The fourth-order valence-corrected chi connectivity index (χ4v) is 7.47. The average Bonchev–Trinajstić information content (AvgIpc) is 3.57. The van der Waals surface area contributed by atoms with E-state index in [1.165, 1.54) is 64.0 Å². The zero-order valence-electron chi connectivity index (χ0n) is 20.4. The monoisotopic (exact) mass is 623 g/mol. The van der Waals surface area contributed by atoms with Crippen molar-refractivity contribution < 1.29 is 33.6 Å². The lowest BCUT2D eigenvalue weighted by molar-refractivity contribution is -0.384. The molecule has 5 rings (SSSR count). The van der Waals surface area contributed by atoms with Crippen LogP contribution in [-0.2, 0) is 16.2 Å². The van der Waals surface area contributed by atoms with E-state index in [9.17, 15) is 29.6 Å². The van der Waals surface area contributed by atoms with Crippen LogP contribution in [0, 0.1) is 17.0 Å². The van der Waals surface area contributed by atoms with Crippen LogP contribution >= 0.6 is 46.5 Å². The summed E-state index contributed by atoms with van der Waals surface area (Å²) < 4.78 is 11.8. The Morgan fingerprint density at radius 1 is 1.35 bits per heavy atom. The van der Waals surface area contributed by atoms with Crippen molar-refractivity contribution in [2.75, 3.05) is 11.5 Å². The molecule has 3 aromatic rings. The van der Waals surface area contributed by atoms with Crippen LogP contribution in [0.2, 0.25) is 5.02 Å². The average molecular weight is 624 g/mol. The summed E-state index contributed by atoms with van der Waals surface area (Å²) in [7, 11) is 0. The van der Waals surface area contributed by atoms with Crippen molar-refractivity contribution in [3.05, 3.63) is 73.3 Å². The number of carboxylic acids is 1. The summed E-state index contributed by atoms with van der Waals surface area (Å²) in [4.78, 5) is 49.3. The SMILES string of the molecule is Cc1nnc(SCC2=C(C(=O)O)N3C(=O)[C@H](NC(=O)c4ccc(COc5ccc([N+](=O)[O-])cc5Cl)o4)[C@@H]3SC2)s1. The number of aryl methyl sites for hydroxylation is 1. The number of nitrogens with zero attached hydrogens (tertiary/aromatic N) is 4. The van der Waals surface area contributed by atoms with Gasteiger partial charge in [0.1, 0.15) is 40.2 Å². The first-order valence-electron chi connectivity index (χ1n) is 11.4. The number of β-lactam (4-membered cyclic amide) rings is 1. The molecule has 1 saturated heterocycles. The van der Waals surface area contributed by atoms with Gasteiger partial charge in [-0.25, -0.2) is 4.79 Å². The third-order valence-corrected chi connectivity index (χ3v) is 9.49. The number of halogens is 1. The zero-order valence-corrected chi connectivity index (χ0v) is 23.6. The predicted molar refractivity (Wildman–Crippen MR) is 146 cm³/mol. The summed E-state index contributed by atoms with van der Waals surface area (Å²) in [6.45, 7) is 1.72. The Labute approximate surface area is 243 Å². The molecule has 2 atom stereocenters. The number of aliphatic carboxylic acids is 1. The molecular formula is C23H18ClN5O8S3.